The minimum absolute atomic E-state index is 0.127. The number of ether oxygens (including phenoxy) is 1. The molecule has 1 aliphatic rings. The molecule has 1 aromatic rings. The Hall–Kier alpha value is -3.43. The van der Waals surface area contributed by atoms with Gasteiger partial charge in [-0.1, -0.05) is 44.9 Å². The Balaban J connectivity index is 2.12. The Morgan fingerprint density at radius 1 is 0.848 bits per heavy atom. The Morgan fingerprint density at radius 2 is 1.33 bits per heavy atom. The fourth-order valence-corrected chi connectivity index (χ4v) is 3.11. The molecule has 10 heteroatoms. The highest BCUT2D eigenvalue weighted by molar-refractivity contribution is 6.21. The first-order chi connectivity index (χ1) is 15.2. The smallest absolute Gasteiger partial charge is 0.408 e. The largest absolute Gasteiger partial charge is 0.444 e. The van der Waals surface area contributed by atoms with Crippen molar-refractivity contribution in [3.05, 3.63) is 35.4 Å². The van der Waals surface area contributed by atoms with Crippen molar-refractivity contribution in [3.8, 4) is 0 Å². The number of nitrogens with one attached hydrogen (secondary N) is 2. The number of alkyl carbamates (subject to hydrolysis) is 1. The maximum absolute atomic E-state index is 12.9. The van der Waals surface area contributed by atoms with Crippen molar-refractivity contribution < 1.29 is 33.5 Å². The van der Waals surface area contributed by atoms with Crippen LogP contribution in [0.2, 0.25) is 0 Å². The van der Waals surface area contributed by atoms with Gasteiger partial charge in [0.25, 0.3) is 11.8 Å². The molecule has 0 aromatic heterocycles. The van der Waals surface area contributed by atoms with Gasteiger partial charge in [0.05, 0.1) is 11.1 Å². The van der Waals surface area contributed by atoms with Crippen LogP contribution in [0.3, 0.4) is 0 Å². The van der Waals surface area contributed by atoms with Gasteiger partial charge in [-0.3, -0.25) is 14.4 Å². The third-order valence-electron chi connectivity index (χ3n) is 4.78. The number of carbonyl (C=O) groups excluding carboxylic acids is 5. The fourth-order valence-electron chi connectivity index (χ4n) is 3.11. The number of benzene rings is 1. The topological polar surface area (TPSA) is 131 Å². The molecule has 180 valence electrons. The average molecular weight is 462 g/mol. The summed E-state index contributed by atoms with van der Waals surface area (Å²) in [6, 6.07) is 3.94. The van der Waals surface area contributed by atoms with E-state index in [1.54, 1.807) is 60.6 Å². The standard InChI is InChI=1S/C23H31N3O7/c1-12(2)16(25-22(31)32-23(5,6)7)18(27)24-17(13(3)4)21(30)33-26-19(28)14-10-8-9-11-15(14)20(26)29/h8-13,16-17H,1-7H3,(H,24,27)(H,25,31)/t16-,17?/m0/s1. The molecular weight excluding hydrogens is 430 g/mol. The summed E-state index contributed by atoms with van der Waals surface area (Å²) in [6.07, 6.45) is -0.772. The lowest BCUT2D eigenvalue weighted by Crippen LogP contribution is -2.56. The number of amides is 4. The van der Waals surface area contributed by atoms with Gasteiger partial charge in [-0.2, -0.15) is 0 Å². The number of nitrogens with zero attached hydrogens (tertiary/aromatic N) is 1. The monoisotopic (exact) mass is 461 g/mol. The maximum Gasteiger partial charge on any atom is 0.408 e. The number of imide groups is 1. The second kappa shape index (κ2) is 10.0. The van der Waals surface area contributed by atoms with Gasteiger partial charge in [0.15, 0.2) is 0 Å². The molecule has 2 N–H and O–H groups in total. The van der Waals surface area contributed by atoms with E-state index < -0.39 is 53.4 Å². The molecule has 2 atom stereocenters. The van der Waals surface area contributed by atoms with Gasteiger partial charge in [-0.15, -0.1) is 0 Å². The van der Waals surface area contributed by atoms with E-state index in [2.05, 4.69) is 10.6 Å². The summed E-state index contributed by atoms with van der Waals surface area (Å²) >= 11 is 0. The predicted molar refractivity (Wildman–Crippen MR) is 118 cm³/mol. The van der Waals surface area contributed by atoms with Crippen molar-refractivity contribution in [2.45, 2.75) is 66.2 Å². The summed E-state index contributed by atoms with van der Waals surface area (Å²) in [7, 11) is 0. The number of hydrogen-bond donors (Lipinski definition) is 2. The van der Waals surface area contributed by atoms with Gasteiger partial charge < -0.3 is 20.2 Å². The molecule has 0 aliphatic carbocycles. The Bertz CT molecular complexity index is 915. The normalized spacial score (nSPS) is 15.2. The van der Waals surface area contributed by atoms with Crippen molar-refractivity contribution in [1.82, 2.24) is 15.7 Å². The van der Waals surface area contributed by atoms with Gasteiger partial charge in [0.2, 0.25) is 5.91 Å². The number of fused-ring (bicyclic) bond motifs is 1. The minimum Gasteiger partial charge on any atom is -0.444 e. The van der Waals surface area contributed by atoms with E-state index in [9.17, 15) is 24.0 Å². The lowest BCUT2D eigenvalue weighted by Gasteiger charge is -2.28. The molecular formula is C23H31N3O7. The molecule has 4 amide bonds. The fraction of sp³-hybridized carbons (Fsp3) is 0.522. The van der Waals surface area contributed by atoms with Crippen LogP contribution < -0.4 is 10.6 Å². The van der Waals surface area contributed by atoms with E-state index in [-0.39, 0.29) is 17.0 Å². The van der Waals surface area contributed by atoms with Crippen LogP contribution in [0.5, 0.6) is 0 Å². The number of carbonyl (C=O) groups is 5. The second-order valence-corrected chi connectivity index (χ2v) is 9.46. The molecule has 1 aromatic carbocycles. The molecule has 0 spiro atoms. The SMILES string of the molecule is CC(C)C(NC(=O)[C@@H](NC(=O)OC(C)(C)C)C(C)C)C(=O)ON1C(=O)c2ccccc2C1=O. The number of hydroxylamine groups is 2. The second-order valence-electron chi connectivity index (χ2n) is 9.46. The summed E-state index contributed by atoms with van der Waals surface area (Å²) in [6.45, 7) is 11.9. The van der Waals surface area contributed by atoms with Crippen molar-refractivity contribution >= 4 is 29.8 Å². The van der Waals surface area contributed by atoms with Gasteiger partial charge in [-0.25, -0.2) is 9.59 Å². The van der Waals surface area contributed by atoms with Crippen LogP contribution in [-0.4, -0.2) is 52.5 Å². The molecule has 1 unspecified atom stereocenters. The first kappa shape index (κ1) is 25.8. The zero-order chi connectivity index (χ0) is 25.1. The average Bonchev–Trinajstić information content (AvgIpc) is 2.93. The van der Waals surface area contributed by atoms with Crippen LogP contribution >= 0.6 is 0 Å². The molecule has 1 heterocycles. The molecule has 10 nitrogen and oxygen atoms in total. The minimum atomic E-state index is -1.18. The van der Waals surface area contributed by atoms with Gasteiger partial charge >= 0.3 is 12.1 Å². The molecule has 33 heavy (non-hydrogen) atoms. The van der Waals surface area contributed by atoms with Gasteiger partial charge in [0, 0.05) is 0 Å². The summed E-state index contributed by atoms with van der Waals surface area (Å²) in [5.74, 6) is -3.89. The van der Waals surface area contributed by atoms with E-state index in [4.69, 9.17) is 9.57 Å². The first-order valence-electron chi connectivity index (χ1n) is 10.7. The zero-order valence-electron chi connectivity index (χ0n) is 19.9. The quantitative estimate of drug-likeness (QED) is 0.596. The van der Waals surface area contributed by atoms with Crippen LogP contribution in [0, 0.1) is 11.8 Å². The lowest BCUT2D eigenvalue weighted by molar-refractivity contribution is -0.173. The first-order valence-corrected chi connectivity index (χ1v) is 10.7. The zero-order valence-corrected chi connectivity index (χ0v) is 19.9. The maximum atomic E-state index is 12.9. The molecule has 0 bridgehead atoms. The van der Waals surface area contributed by atoms with Crippen molar-refractivity contribution in [2.24, 2.45) is 11.8 Å². The highest BCUT2D eigenvalue weighted by Gasteiger charge is 2.41. The summed E-state index contributed by atoms with van der Waals surface area (Å²) in [5.41, 5.74) is -0.498. The highest BCUT2D eigenvalue weighted by atomic mass is 16.7. The van der Waals surface area contributed by atoms with Crippen LogP contribution in [0.1, 0.15) is 69.2 Å². The lowest BCUT2D eigenvalue weighted by atomic mass is 10.0. The number of rotatable bonds is 7. The summed E-state index contributed by atoms with van der Waals surface area (Å²) in [4.78, 5) is 67.9. The van der Waals surface area contributed by atoms with Crippen molar-refractivity contribution in [3.63, 3.8) is 0 Å². The highest BCUT2D eigenvalue weighted by Crippen LogP contribution is 2.23. The van der Waals surface area contributed by atoms with E-state index in [0.29, 0.717) is 5.06 Å². The van der Waals surface area contributed by atoms with Crippen LogP contribution in [-0.2, 0) is 19.2 Å². The van der Waals surface area contributed by atoms with Gasteiger partial charge in [0.1, 0.15) is 17.7 Å². The molecule has 0 fully saturated rings. The van der Waals surface area contributed by atoms with Gasteiger partial charge in [-0.05, 0) is 44.7 Å². The third-order valence-corrected chi connectivity index (χ3v) is 4.78. The molecule has 0 radical (unpaired) electrons. The molecule has 2 rings (SSSR count). The van der Waals surface area contributed by atoms with E-state index in [1.807, 2.05) is 0 Å². The predicted octanol–water partition coefficient (Wildman–Crippen LogP) is 2.43. The van der Waals surface area contributed by atoms with E-state index in [0.717, 1.165) is 0 Å². The third kappa shape index (κ3) is 6.30. The summed E-state index contributed by atoms with van der Waals surface area (Å²) in [5, 5.41) is 5.47. The van der Waals surface area contributed by atoms with Crippen LogP contribution in [0.4, 0.5) is 4.79 Å². The number of hydrogen-bond acceptors (Lipinski definition) is 7. The molecule has 0 saturated heterocycles. The molecule has 1 aliphatic heterocycles. The molecule has 0 saturated carbocycles. The van der Waals surface area contributed by atoms with E-state index >= 15 is 0 Å². The Morgan fingerprint density at radius 3 is 1.76 bits per heavy atom. The van der Waals surface area contributed by atoms with E-state index in [1.165, 1.54) is 12.1 Å². The van der Waals surface area contributed by atoms with Crippen LogP contribution in [0.25, 0.3) is 0 Å². The van der Waals surface area contributed by atoms with Crippen molar-refractivity contribution in [2.75, 3.05) is 0 Å². The Labute approximate surface area is 192 Å². The van der Waals surface area contributed by atoms with Crippen LogP contribution in [0.15, 0.2) is 24.3 Å². The Kier molecular flexibility index (Phi) is 7.84. The van der Waals surface area contributed by atoms with Crippen molar-refractivity contribution in [1.29, 1.82) is 0 Å². The summed E-state index contributed by atoms with van der Waals surface area (Å²) < 4.78 is 5.21.